The molecule has 0 aliphatic heterocycles. The van der Waals surface area contributed by atoms with Crippen LogP contribution in [0.5, 0.6) is 5.75 Å². The number of anilines is 4. The van der Waals surface area contributed by atoms with E-state index >= 15 is 0 Å². The van der Waals surface area contributed by atoms with Gasteiger partial charge in [-0.25, -0.2) is 0 Å². The van der Waals surface area contributed by atoms with E-state index < -0.39 is 0 Å². The Labute approximate surface area is 164 Å². The first-order valence-electron chi connectivity index (χ1n) is 8.64. The third kappa shape index (κ3) is 4.46. The van der Waals surface area contributed by atoms with Crippen LogP contribution in [0.3, 0.4) is 0 Å². The van der Waals surface area contributed by atoms with Gasteiger partial charge in [0.2, 0.25) is 5.95 Å². The molecule has 0 bridgehead atoms. The Kier molecular flexibility index (Phi) is 5.76. The lowest BCUT2D eigenvalue weighted by molar-refractivity contribution is 0.417. The molecule has 2 aromatic carbocycles. The molecule has 3 aromatic rings. The predicted molar refractivity (Wildman–Crippen MR) is 110 cm³/mol. The Morgan fingerprint density at radius 1 is 1.11 bits per heavy atom. The summed E-state index contributed by atoms with van der Waals surface area (Å²) in [4.78, 5) is 4.52. The van der Waals surface area contributed by atoms with Crippen LogP contribution < -0.4 is 15.4 Å². The van der Waals surface area contributed by atoms with Crippen molar-refractivity contribution in [2.75, 3.05) is 17.7 Å². The summed E-state index contributed by atoms with van der Waals surface area (Å²) in [5, 5.41) is 15.2. The van der Waals surface area contributed by atoms with Crippen LogP contribution in [0, 0.1) is 6.92 Å². The lowest BCUT2D eigenvalue weighted by Crippen LogP contribution is -2.06. The van der Waals surface area contributed by atoms with Gasteiger partial charge in [0.25, 0.3) is 0 Å². The van der Waals surface area contributed by atoms with Gasteiger partial charge in [0, 0.05) is 10.7 Å². The molecule has 0 amide bonds. The van der Waals surface area contributed by atoms with E-state index in [0.717, 1.165) is 11.3 Å². The van der Waals surface area contributed by atoms with Crippen LogP contribution in [-0.2, 0) is 0 Å². The zero-order chi connectivity index (χ0) is 19.4. The minimum Gasteiger partial charge on any atom is -0.495 e. The molecule has 2 N–H and O–H groups in total. The van der Waals surface area contributed by atoms with E-state index in [0.29, 0.717) is 34.1 Å². The fourth-order valence-corrected chi connectivity index (χ4v) is 2.96. The average Bonchev–Trinajstić information content (AvgIpc) is 2.64. The van der Waals surface area contributed by atoms with Crippen molar-refractivity contribution < 1.29 is 4.74 Å². The molecular weight excluding hydrogens is 362 g/mol. The third-order valence-corrected chi connectivity index (χ3v) is 4.38. The number of rotatable bonds is 6. The van der Waals surface area contributed by atoms with Crippen LogP contribution in [0.2, 0.25) is 5.02 Å². The smallest absolute Gasteiger partial charge is 0.249 e. The molecule has 0 saturated carbocycles. The lowest BCUT2D eigenvalue weighted by Gasteiger charge is -2.16. The van der Waals surface area contributed by atoms with Crippen molar-refractivity contribution in [1.29, 1.82) is 0 Å². The third-order valence-electron chi connectivity index (χ3n) is 4.15. The summed E-state index contributed by atoms with van der Waals surface area (Å²) in [6, 6.07) is 11.5. The first-order valence-corrected chi connectivity index (χ1v) is 9.02. The molecule has 3 rings (SSSR count). The van der Waals surface area contributed by atoms with E-state index in [1.54, 1.807) is 31.5 Å². The number of nitrogens with zero attached hydrogens (tertiary/aromatic N) is 3. The van der Waals surface area contributed by atoms with Crippen LogP contribution >= 0.6 is 11.6 Å². The van der Waals surface area contributed by atoms with Crippen LogP contribution in [0.4, 0.5) is 23.1 Å². The Bertz CT molecular complexity index is 945. The van der Waals surface area contributed by atoms with E-state index in [-0.39, 0.29) is 0 Å². The maximum Gasteiger partial charge on any atom is 0.249 e. The summed E-state index contributed by atoms with van der Waals surface area (Å²) < 4.78 is 5.36. The van der Waals surface area contributed by atoms with Crippen molar-refractivity contribution in [1.82, 2.24) is 15.2 Å². The zero-order valence-electron chi connectivity index (χ0n) is 15.7. The first kappa shape index (κ1) is 18.9. The fourth-order valence-electron chi connectivity index (χ4n) is 2.79. The van der Waals surface area contributed by atoms with Gasteiger partial charge in [0.1, 0.15) is 5.75 Å². The van der Waals surface area contributed by atoms with Gasteiger partial charge in [-0.3, -0.25) is 0 Å². The summed E-state index contributed by atoms with van der Waals surface area (Å²) in [5.74, 6) is 1.98. The normalized spacial score (nSPS) is 10.7. The number of aryl methyl sites for hydroxylation is 1. The number of nitrogens with one attached hydrogen (secondary N) is 2. The number of para-hydroxylation sites is 1. The molecule has 0 fully saturated rings. The van der Waals surface area contributed by atoms with Gasteiger partial charge in [-0.05, 0) is 42.2 Å². The highest BCUT2D eigenvalue weighted by Gasteiger charge is 2.12. The van der Waals surface area contributed by atoms with Crippen molar-refractivity contribution >= 4 is 34.7 Å². The summed E-state index contributed by atoms with van der Waals surface area (Å²) in [6.45, 7) is 6.37. The average molecular weight is 384 g/mol. The molecule has 0 spiro atoms. The van der Waals surface area contributed by atoms with Crippen LogP contribution in [-0.4, -0.2) is 22.3 Å². The van der Waals surface area contributed by atoms with Crippen molar-refractivity contribution in [3.63, 3.8) is 0 Å². The minimum absolute atomic E-state index is 0.373. The van der Waals surface area contributed by atoms with Gasteiger partial charge in [-0.15, -0.1) is 5.10 Å². The van der Waals surface area contributed by atoms with E-state index in [1.807, 2.05) is 0 Å². The zero-order valence-corrected chi connectivity index (χ0v) is 16.5. The predicted octanol–water partition coefficient (Wildman–Crippen LogP) is 5.45. The SMILES string of the molecule is COc1ccc(Cl)cc1Nc1cnnc(Nc2c(C)cccc2C(C)C)n1. The van der Waals surface area contributed by atoms with E-state index in [2.05, 4.69) is 64.8 Å². The van der Waals surface area contributed by atoms with Gasteiger partial charge in [0.15, 0.2) is 5.82 Å². The van der Waals surface area contributed by atoms with E-state index in [9.17, 15) is 0 Å². The largest absolute Gasteiger partial charge is 0.495 e. The molecule has 0 saturated heterocycles. The van der Waals surface area contributed by atoms with Crippen molar-refractivity contribution in [2.45, 2.75) is 26.7 Å². The Balaban J connectivity index is 1.89. The standard InChI is InChI=1S/C20H22ClN5O/c1-12(2)15-7-5-6-13(3)19(15)25-20-24-18(11-22-26-20)23-16-10-14(21)8-9-17(16)27-4/h5-12H,1-4H3,(H2,23,24,25,26). The number of methoxy groups -OCH3 is 1. The van der Waals surface area contributed by atoms with Gasteiger partial charge in [-0.2, -0.15) is 10.1 Å². The highest BCUT2D eigenvalue weighted by molar-refractivity contribution is 6.31. The Morgan fingerprint density at radius 3 is 2.67 bits per heavy atom. The number of hydrogen-bond donors (Lipinski definition) is 2. The molecule has 1 heterocycles. The molecule has 0 aliphatic carbocycles. The summed E-state index contributed by atoms with van der Waals surface area (Å²) in [6.07, 6.45) is 1.55. The fraction of sp³-hybridized carbons (Fsp3) is 0.250. The molecule has 0 atom stereocenters. The van der Waals surface area contributed by atoms with E-state index in [1.165, 1.54) is 5.56 Å². The summed E-state index contributed by atoms with van der Waals surface area (Å²) in [7, 11) is 1.60. The minimum atomic E-state index is 0.373. The summed E-state index contributed by atoms with van der Waals surface area (Å²) >= 11 is 6.09. The van der Waals surface area contributed by atoms with Gasteiger partial charge < -0.3 is 15.4 Å². The van der Waals surface area contributed by atoms with Crippen molar-refractivity contribution in [2.24, 2.45) is 0 Å². The highest BCUT2D eigenvalue weighted by atomic mass is 35.5. The number of halogens is 1. The summed E-state index contributed by atoms with van der Waals surface area (Å²) in [5.41, 5.74) is 4.04. The quantitative estimate of drug-likeness (QED) is 0.589. The molecule has 0 aliphatic rings. The van der Waals surface area contributed by atoms with Crippen molar-refractivity contribution in [3.8, 4) is 5.75 Å². The number of aromatic nitrogens is 3. The monoisotopic (exact) mass is 383 g/mol. The number of ether oxygens (including phenoxy) is 1. The molecule has 6 nitrogen and oxygen atoms in total. The molecule has 27 heavy (non-hydrogen) atoms. The topological polar surface area (TPSA) is 72.0 Å². The maximum absolute atomic E-state index is 6.09. The number of benzene rings is 2. The highest BCUT2D eigenvalue weighted by Crippen LogP contribution is 2.31. The first-order chi connectivity index (χ1) is 13.0. The maximum atomic E-state index is 6.09. The Hall–Kier alpha value is -2.86. The van der Waals surface area contributed by atoms with Crippen LogP contribution in [0.15, 0.2) is 42.6 Å². The lowest BCUT2D eigenvalue weighted by atomic mass is 9.98. The van der Waals surface area contributed by atoms with Gasteiger partial charge >= 0.3 is 0 Å². The molecule has 1 aromatic heterocycles. The second kappa shape index (κ2) is 8.22. The van der Waals surface area contributed by atoms with Gasteiger partial charge in [-0.1, -0.05) is 43.6 Å². The second-order valence-electron chi connectivity index (χ2n) is 6.45. The van der Waals surface area contributed by atoms with Crippen LogP contribution in [0.1, 0.15) is 30.9 Å². The van der Waals surface area contributed by atoms with E-state index in [4.69, 9.17) is 16.3 Å². The Morgan fingerprint density at radius 2 is 1.93 bits per heavy atom. The second-order valence-corrected chi connectivity index (χ2v) is 6.89. The molecule has 140 valence electrons. The number of hydrogen-bond acceptors (Lipinski definition) is 6. The molecule has 0 radical (unpaired) electrons. The van der Waals surface area contributed by atoms with Gasteiger partial charge in [0.05, 0.1) is 19.0 Å². The van der Waals surface area contributed by atoms with Crippen LogP contribution in [0.25, 0.3) is 0 Å². The molecule has 7 heteroatoms. The molecular formula is C20H22ClN5O. The van der Waals surface area contributed by atoms with Crippen molar-refractivity contribution in [3.05, 3.63) is 58.7 Å². The molecule has 0 unspecified atom stereocenters.